The molecule has 1 aromatic rings. The summed E-state index contributed by atoms with van der Waals surface area (Å²) in [5.41, 5.74) is 0.169. The summed E-state index contributed by atoms with van der Waals surface area (Å²) in [6.07, 6.45) is 8.95. The van der Waals surface area contributed by atoms with Gasteiger partial charge in [0.1, 0.15) is 5.75 Å². The predicted molar refractivity (Wildman–Crippen MR) is 122 cm³/mol. The standard InChI is InChI=1S/C23H35N3O5S/c1-31-21-12-11-19(32(29,30)26-15-7-2-3-8-16-26)17-20(21)23(28)25-14-13-24-22(27)18-9-5-4-6-10-18/h11-12,17-18H,2-10,13-16H2,1H3,(H,24,27)(H,25,28). The number of methoxy groups -OCH3 is 1. The van der Waals surface area contributed by atoms with Crippen molar-refractivity contribution in [3.63, 3.8) is 0 Å². The Kier molecular flexibility index (Phi) is 8.92. The minimum Gasteiger partial charge on any atom is -0.496 e. The van der Waals surface area contributed by atoms with E-state index < -0.39 is 15.9 Å². The molecule has 0 unspecified atom stereocenters. The number of hydrogen-bond donors (Lipinski definition) is 2. The van der Waals surface area contributed by atoms with Gasteiger partial charge >= 0.3 is 0 Å². The molecule has 1 aromatic carbocycles. The van der Waals surface area contributed by atoms with Crippen LogP contribution in [0.5, 0.6) is 5.75 Å². The van der Waals surface area contributed by atoms with E-state index in [1.165, 1.54) is 36.0 Å². The summed E-state index contributed by atoms with van der Waals surface area (Å²) >= 11 is 0. The third-order valence-electron chi connectivity index (χ3n) is 6.30. The van der Waals surface area contributed by atoms with Crippen LogP contribution < -0.4 is 15.4 Å². The molecule has 1 saturated carbocycles. The van der Waals surface area contributed by atoms with Gasteiger partial charge in [-0.2, -0.15) is 4.31 Å². The fourth-order valence-corrected chi connectivity index (χ4v) is 5.97. The van der Waals surface area contributed by atoms with Crippen LogP contribution >= 0.6 is 0 Å². The normalized spacial score (nSPS) is 18.5. The average molecular weight is 466 g/mol. The molecular formula is C23H35N3O5S. The van der Waals surface area contributed by atoms with Gasteiger partial charge in [0.25, 0.3) is 5.91 Å². The van der Waals surface area contributed by atoms with Gasteiger partial charge in [-0.1, -0.05) is 32.1 Å². The zero-order valence-corrected chi connectivity index (χ0v) is 19.7. The first-order chi connectivity index (χ1) is 15.4. The van der Waals surface area contributed by atoms with E-state index >= 15 is 0 Å². The Bertz CT molecular complexity index is 889. The van der Waals surface area contributed by atoms with E-state index in [9.17, 15) is 18.0 Å². The van der Waals surface area contributed by atoms with Crippen LogP contribution in [0.25, 0.3) is 0 Å². The van der Waals surface area contributed by atoms with Crippen LogP contribution in [0.3, 0.4) is 0 Å². The first kappa shape index (κ1) is 24.5. The molecule has 0 aromatic heterocycles. The first-order valence-electron chi connectivity index (χ1n) is 11.7. The van der Waals surface area contributed by atoms with E-state index in [4.69, 9.17) is 4.74 Å². The number of carbonyl (C=O) groups is 2. The van der Waals surface area contributed by atoms with Gasteiger partial charge in [0, 0.05) is 32.1 Å². The second kappa shape index (κ2) is 11.7. The Morgan fingerprint density at radius 1 is 0.969 bits per heavy atom. The summed E-state index contributed by atoms with van der Waals surface area (Å²) in [6, 6.07) is 4.39. The number of nitrogens with one attached hydrogen (secondary N) is 2. The monoisotopic (exact) mass is 465 g/mol. The molecule has 1 heterocycles. The molecule has 2 fully saturated rings. The van der Waals surface area contributed by atoms with Crippen LogP contribution in [0.2, 0.25) is 0 Å². The van der Waals surface area contributed by atoms with Crippen molar-refractivity contribution in [3.05, 3.63) is 23.8 Å². The Morgan fingerprint density at radius 3 is 2.25 bits per heavy atom. The quantitative estimate of drug-likeness (QED) is 0.575. The number of carbonyl (C=O) groups excluding carboxylic acids is 2. The summed E-state index contributed by atoms with van der Waals surface area (Å²) in [4.78, 5) is 25.1. The molecule has 8 nitrogen and oxygen atoms in total. The van der Waals surface area contributed by atoms with E-state index in [0.717, 1.165) is 51.4 Å². The SMILES string of the molecule is COc1ccc(S(=O)(=O)N2CCCCCC2)cc1C(=O)NCCNC(=O)C1CCCCC1. The lowest BCUT2D eigenvalue weighted by Crippen LogP contribution is -2.38. The molecule has 32 heavy (non-hydrogen) atoms. The van der Waals surface area contributed by atoms with Crippen molar-refractivity contribution in [2.75, 3.05) is 33.3 Å². The van der Waals surface area contributed by atoms with Crippen LogP contribution in [0.1, 0.15) is 68.1 Å². The molecule has 2 aliphatic rings. The minimum absolute atomic E-state index is 0.0436. The second-order valence-corrected chi connectivity index (χ2v) is 10.5. The highest BCUT2D eigenvalue weighted by Gasteiger charge is 2.27. The molecule has 1 aliphatic heterocycles. The fourth-order valence-electron chi connectivity index (χ4n) is 4.42. The summed E-state index contributed by atoms with van der Waals surface area (Å²) in [5, 5.41) is 5.64. The zero-order chi connectivity index (χ0) is 23.0. The maximum atomic E-state index is 13.1. The molecule has 2 N–H and O–H groups in total. The molecule has 0 spiro atoms. The minimum atomic E-state index is -3.67. The predicted octanol–water partition coefficient (Wildman–Crippen LogP) is 2.69. The van der Waals surface area contributed by atoms with E-state index in [1.807, 2.05) is 0 Å². The van der Waals surface area contributed by atoms with Crippen molar-refractivity contribution in [1.29, 1.82) is 0 Å². The number of hydrogen-bond acceptors (Lipinski definition) is 5. The zero-order valence-electron chi connectivity index (χ0n) is 18.9. The lowest BCUT2D eigenvalue weighted by molar-refractivity contribution is -0.125. The van der Waals surface area contributed by atoms with Gasteiger partial charge in [-0.05, 0) is 43.9 Å². The Hall–Kier alpha value is -2.13. The Balaban J connectivity index is 1.61. The highest BCUT2D eigenvalue weighted by atomic mass is 32.2. The van der Waals surface area contributed by atoms with Crippen molar-refractivity contribution >= 4 is 21.8 Å². The maximum absolute atomic E-state index is 13.1. The lowest BCUT2D eigenvalue weighted by atomic mass is 9.89. The van der Waals surface area contributed by atoms with Crippen LogP contribution in [-0.2, 0) is 14.8 Å². The molecule has 1 saturated heterocycles. The number of ether oxygens (including phenoxy) is 1. The van der Waals surface area contributed by atoms with Gasteiger partial charge in [-0.15, -0.1) is 0 Å². The summed E-state index contributed by atoms with van der Waals surface area (Å²) in [5.74, 6) is -0.00673. The smallest absolute Gasteiger partial charge is 0.255 e. The number of sulfonamides is 1. The van der Waals surface area contributed by atoms with Crippen molar-refractivity contribution in [3.8, 4) is 5.75 Å². The van der Waals surface area contributed by atoms with Crippen molar-refractivity contribution in [1.82, 2.24) is 14.9 Å². The lowest BCUT2D eigenvalue weighted by Gasteiger charge is -2.21. The van der Waals surface area contributed by atoms with Crippen LogP contribution in [-0.4, -0.2) is 57.8 Å². The largest absolute Gasteiger partial charge is 0.496 e. The van der Waals surface area contributed by atoms with Gasteiger partial charge in [-0.3, -0.25) is 9.59 Å². The number of nitrogens with zero attached hydrogens (tertiary/aromatic N) is 1. The molecule has 3 rings (SSSR count). The topological polar surface area (TPSA) is 105 Å². The van der Waals surface area contributed by atoms with Gasteiger partial charge < -0.3 is 15.4 Å². The Morgan fingerprint density at radius 2 is 1.59 bits per heavy atom. The third kappa shape index (κ3) is 6.22. The maximum Gasteiger partial charge on any atom is 0.255 e. The summed E-state index contributed by atoms with van der Waals surface area (Å²) in [7, 11) is -2.23. The molecule has 0 radical (unpaired) electrons. The van der Waals surface area contributed by atoms with Crippen LogP contribution in [0.4, 0.5) is 0 Å². The molecule has 0 atom stereocenters. The molecule has 178 valence electrons. The van der Waals surface area contributed by atoms with Gasteiger partial charge in [0.2, 0.25) is 15.9 Å². The first-order valence-corrected chi connectivity index (χ1v) is 13.1. The van der Waals surface area contributed by atoms with E-state index in [0.29, 0.717) is 25.4 Å². The molecule has 9 heteroatoms. The third-order valence-corrected chi connectivity index (χ3v) is 8.20. The number of amides is 2. The van der Waals surface area contributed by atoms with Gasteiger partial charge in [-0.25, -0.2) is 8.42 Å². The highest BCUT2D eigenvalue weighted by Crippen LogP contribution is 2.26. The van der Waals surface area contributed by atoms with E-state index in [-0.39, 0.29) is 28.8 Å². The van der Waals surface area contributed by atoms with Crippen molar-refractivity contribution in [2.24, 2.45) is 5.92 Å². The van der Waals surface area contributed by atoms with Crippen LogP contribution in [0.15, 0.2) is 23.1 Å². The van der Waals surface area contributed by atoms with Crippen molar-refractivity contribution < 1.29 is 22.7 Å². The molecule has 2 amide bonds. The summed E-state index contributed by atoms with van der Waals surface area (Å²) < 4.78 is 33.0. The highest BCUT2D eigenvalue weighted by molar-refractivity contribution is 7.89. The summed E-state index contributed by atoms with van der Waals surface area (Å²) in [6.45, 7) is 1.58. The van der Waals surface area contributed by atoms with E-state index in [2.05, 4.69) is 10.6 Å². The van der Waals surface area contributed by atoms with Gasteiger partial charge in [0.15, 0.2) is 0 Å². The number of rotatable bonds is 8. The Labute approximate surface area is 191 Å². The van der Waals surface area contributed by atoms with E-state index in [1.54, 1.807) is 0 Å². The van der Waals surface area contributed by atoms with Gasteiger partial charge in [0.05, 0.1) is 17.6 Å². The number of benzene rings is 1. The van der Waals surface area contributed by atoms with Crippen molar-refractivity contribution in [2.45, 2.75) is 62.7 Å². The van der Waals surface area contributed by atoms with Crippen LogP contribution in [0, 0.1) is 5.92 Å². The molecular weight excluding hydrogens is 430 g/mol. The molecule has 0 bridgehead atoms. The average Bonchev–Trinajstić information content (AvgIpc) is 3.12. The molecule has 1 aliphatic carbocycles. The fraction of sp³-hybridized carbons (Fsp3) is 0.652. The second-order valence-electron chi connectivity index (χ2n) is 8.56.